The van der Waals surface area contributed by atoms with Gasteiger partial charge in [0.15, 0.2) is 0 Å². The van der Waals surface area contributed by atoms with Crippen LogP contribution in [-0.4, -0.2) is 16.1 Å². The Morgan fingerprint density at radius 2 is 2.28 bits per heavy atom. The van der Waals surface area contributed by atoms with Gasteiger partial charge in [0.2, 0.25) is 0 Å². The Hall–Kier alpha value is -1.31. The molecule has 18 heavy (non-hydrogen) atoms. The van der Waals surface area contributed by atoms with Crippen LogP contribution in [0.2, 0.25) is 0 Å². The number of rotatable bonds is 4. The zero-order valence-electron chi connectivity index (χ0n) is 9.95. The molecular formula is C12H14FIN4. The minimum Gasteiger partial charge on any atom is -0.397 e. The van der Waals surface area contributed by atoms with Crippen molar-refractivity contribution in [2.75, 3.05) is 17.6 Å². The van der Waals surface area contributed by atoms with Crippen molar-refractivity contribution in [3.63, 3.8) is 0 Å². The molecule has 0 unspecified atom stereocenters. The number of hydrogen-bond acceptors (Lipinski definition) is 3. The van der Waals surface area contributed by atoms with E-state index in [1.807, 2.05) is 40.4 Å². The third-order valence-electron chi connectivity index (χ3n) is 2.68. The lowest BCUT2D eigenvalue weighted by molar-refractivity contribution is 0.621. The number of halogens is 2. The largest absolute Gasteiger partial charge is 0.397 e. The number of benzene rings is 1. The van der Waals surface area contributed by atoms with Gasteiger partial charge in [-0.1, -0.05) is 0 Å². The van der Waals surface area contributed by atoms with E-state index in [1.165, 1.54) is 6.07 Å². The second-order valence-corrected chi connectivity index (χ2v) is 5.15. The average Bonchev–Trinajstić information content (AvgIpc) is 2.72. The topological polar surface area (TPSA) is 55.9 Å². The van der Waals surface area contributed by atoms with Crippen LogP contribution in [0.1, 0.15) is 5.82 Å². The van der Waals surface area contributed by atoms with Crippen molar-refractivity contribution in [1.29, 1.82) is 0 Å². The van der Waals surface area contributed by atoms with Crippen molar-refractivity contribution < 1.29 is 4.39 Å². The van der Waals surface area contributed by atoms with E-state index in [4.69, 9.17) is 5.73 Å². The highest BCUT2D eigenvalue weighted by Gasteiger charge is 2.06. The third kappa shape index (κ3) is 2.92. The number of nitrogens with zero attached hydrogens (tertiary/aromatic N) is 2. The summed E-state index contributed by atoms with van der Waals surface area (Å²) in [5, 5.41) is 3.12. The van der Waals surface area contributed by atoms with Crippen LogP contribution in [0.4, 0.5) is 15.8 Å². The van der Waals surface area contributed by atoms with Crippen LogP contribution in [-0.2, 0) is 13.5 Å². The van der Waals surface area contributed by atoms with Gasteiger partial charge in [-0.05, 0) is 28.7 Å². The van der Waals surface area contributed by atoms with E-state index in [1.54, 1.807) is 12.3 Å². The molecule has 6 heteroatoms. The Morgan fingerprint density at radius 3 is 2.94 bits per heavy atom. The maximum atomic E-state index is 13.4. The first-order valence-corrected chi connectivity index (χ1v) is 6.60. The van der Waals surface area contributed by atoms with Crippen LogP contribution >= 0.6 is 22.6 Å². The minimum absolute atomic E-state index is 0.260. The summed E-state index contributed by atoms with van der Waals surface area (Å²) in [5.74, 6) is 0.719. The van der Waals surface area contributed by atoms with Crippen molar-refractivity contribution in [2.24, 2.45) is 7.05 Å². The molecule has 2 rings (SSSR count). The molecule has 0 atom stereocenters. The van der Waals surface area contributed by atoms with Crippen molar-refractivity contribution in [1.82, 2.24) is 9.55 Å². The molecule has 0 fully saturated rings. The fourth-order valence-corrected chi connectivity index (χ4v) is 2.15. The molecule has 96 valence electrons. The number of aromatic nitrogens is 2. The van der Waals surface area contributed by atoms with Gasteiger partial charge in [0.1, 0.15) is 11.6 Å². The van der Waals surface area contributed by atoms with Crippen LogP contribution in [0.3, 0.4) is 0 Å². The van der Waals surface area contributed by atoms with Crippen LogP contribution in [0.15, 0.2) is 24.5 Å². The Labute approximate surface area is 119 Å². The van der Waals surface area contributed by atoms with Crippen LogP contribution in [0, 0.1) is 9.39 Å². The molecule has 1 aromatic carbocycles. The quantitative estimate of drug-likeness (QED) is 0.651. The molecule has 0 aliphatic carbocycles. The third-order valence-corrected chi connectivity index (χ3v) is 3.50. The first-order valence-electron chi connectivity index (χ1n) is 5.52. The number of aryl methyl sites for hydroxylation is 1. The van der Waals surface area contributed by atoms with E-state index in [9.17, 15) is 4.39 Å². The number of nitrogen functional groups attached to an aromatic ring is 1. The fraction of sp³-hybridized carbons (Fsp3) is 0.250. The average molecular weight is 360 g/mol. The molecule has 0 radical (unpaired) electrons. The lowest BCUT2D eigenvalue weighted by Gasteiger charge is -2.10. The van der Waals surface area contributed by atoms with E-state index in [-0.39, 0.29) is 5.82 Å². The fourth-order valence-electron chi connectivity index (χ4n) is 1.66. The smallest absolute Gasteiger partial charge is 0.138 e. The minimum atomic E-state index is -0.260. The molecule has 0 saturated heterocycles. The van der Waals surface area contributed by atoms with Gasteiger partial charge < -0.3 is 15.6 Å². The van der Waals surface area contributed by atoms with Gasteiger partial charge >= 0.3 is 0 Å². The monoisotopic (exact) mass is 360 g/mol. The first kappa shape index (κ1) is 13.1. The van der Waals surface area contributed by atoms with Gasteiger partial charge in [-0.2, -0.15) is 0 Å². The number of anilines is 2. The van der Waals surface area contributed by atoms with Gasteiger partial charge in [0.05, 0.1) is 14.9 Å². The summed E-state index contributed by atoms with van der Waals surface area (Å²) in [6, 6.07) is 3.05. The van der Waals surface area contributed by atoms with Crippen LogP contribution in [0.5, 0.6) is 0 Å². The highest BCUT2D eigenvalue weighted by molar-refractivity contribution is 14.1. The molecule has 0 spiro atoms. The predicted molar refractivity (Wildman–Crippen MR) is 78.9 cm³/mol. The predicted octanol–water partition coefficient (Wildman–Crippen LogP) is 2.40. The molecule has 4 nitrogen and oxygen atoms in total. The Bertz CT molecular complexity index is 553. The normalized spacial score (nSPS) is 10.6. The summed E-state index contributed by atoms with van der Waals surface area (Å²) < 4.78 is 15.9. The van der Waals surface area contributed by atoms with Crippen LogP contribution in [0.25, 0.3) is 0 Å². The van der Waals surface area contributed by atoms with Gasteiger partial charge in [-0.25, -0.2) is 9.37 Å². The first-order chi connectivity index (χ1) is 8.58. The lowest BCUT2D eigenvalue weighted by Crippen LogP contribution is -2.10. The number of nitrogens with one attached hydrogen (secondary N) is 1. The lowest BCUT2D eigenvalue weighted by atomic mass is 10.2. The molecule has 2 aromatic rings. The van der Waals surface area contributed by atoms with Crippen molar-refractivity contribution in [3.05, 3.63) is 39.7 Å². The maximum absolute atomic E-state index is 13.4. The van der Waals surface area contributed by atoms with Gasteiger partial charge in [0.25, 0.3) is 0 Å². The second kappa shape index (κ2) is 5.55. The second-order valence-electron chi connectivity index (χ2n) is 3.98. The van der Waals surface area contributed by atoms with E-state index >= 15 is 0 Å². The molecule has 0 saturated carbocycles. The van der Waals surface area contributed by atoms with Gasteiger partial charge in [-0.15, -0.1) is 0 Å². The summed E-state index contributed by atoms with van der Waals surface area (Å²) in [6.07, 6.45) is 4.42. The Morgan fingerprint density at radius 1 is 1.50 bits per heavy atom. The molecule has 0 aliphatic heterocycles. The van der Waals surface area contributed by atoms with E-state index in [2.05, 4.69) is 10.3 Å². The van der Waals surface area contributed by atoms with Gasteiger partial charge in [-0.3, -0.25) is 0 Å². The van der Waals surface area contributed by atoms with E-state index < -0.39 is 0 Å². The molecule has 1 heterocycles. The Balaban J connectivity index is 1.99. The standard InChI is InChI=1S/C12H14FIN4/c1-18-5-4-17-12(18)2-3-16-11-6-8(13)9(14)7-10(11)15/h4-7,16H,2-3,15H2,1H3. The van der Waals surface area contributed by atoms with E-state index in [0.29, 0.717) is 21.5 Å². The maximum Gasteiger partial charge on any atom is 0.138 e. The molecule has 1 aromatic heterocycles. The number of nitrogens with two attached hydrogens (primary N) is 1. The van der Waals surface area contributed by atoms with Crippen molar-refractivity contribution >= 4 is 34.0 Å². The summed E-state index contributed by atoms with van der Waals surface area (Å²) in [7, 11) is 1.95. The molecule has 0 amide bonds. The highest BCUT2D eigenvalue weighted by Crippen LogP contribution is 2.23. The molecule has 0 bridgehead atoms. The summed E-state index contributed by atoms with van der Waals surface area (Å²) in [6.45, 7) is 0.662. The number of imidazole rings is 1. The summed E-state index contributed by atoms with van der Waals surface area (Å²) in [4.78, 5) is 4.22. The zero-order valence-corrected chi connectivity index (χ0v) is 12.1. The summed E-state index contributed by atoms with van der Waals surface area (Å²) >= 11 is 1.92. The molecule has 3 N–H and O–H groups in total. The van der Waals surface area contributed by atoms with Gasteiger partial charge in [0, 0.05) is 38.5 Å². The SMILES string of the molecule is Cn1ccnc1CCNc1cc(F)c(I)cc1N. The zero-order chi connectivity index (χ0) is 13.1. The van der Waals surface area contributed by atoms with Crippen molar-refractivity contribution in [3.8, 4) is 0 Å². The van der Waals surface area contributed by atoms with Crippen molar-refractivity contribution in [2.45, 2.75) is 6.42 Å². The molecule has 0 aliphatic rings. The van der Waals surface area contributed by atoms with Crippen LogP contribution < -0.4 is 11.1 Å². The molecular weight excluding hydrogens is 346 g/mol. The highest BCUT2D eigenvalue weighted by atomic mass is 127. The van der Waals surface area contributed by atoms with E-state index in [0.717, 1.165) is 12.2 Å². The number of hydrogen-bond donors (Lipinski definition) is 2. The Kier molecular flexibility index (Phi) is 4.05. The summed E-state index contributed by atoms with van der Waals surface area (Å²) in [5.41, 5.74) is 7.01.